The molecule has 1 spiro atoms. The van der Waals surface area contributed by atoms with Gasteiger partial charge in [-0.05, 0) is 29.8 Å². The molecule has 218 valence electrons. The number of anilines is 2. The Kier molecular flexibility index (Phi) is 8.07. The largest absolute Gasteiger partial charge is 0.482 e. The first-order valence-corrected chi connectivity index (χ1v) is 13.9. The summed E-state index contributed by atoms with van der Waals surface area (Å²) in [6.45, 7) is 1.75. The first kappa shape index (κ1) is 28.7. The number of hydrogen-bond acceptors (Lipinski definition) is 7. The number of piperidine rings is 1. The van der Waals surface area contributed by atoms with Gasteiger partial charge >= 0.3 is 12.1 Å². The summed E-state index contributed by atoms with van der Waals surface area (Å²) in [5, 5.41) is 12.0. The molecule has 0 bridgehead atoms. The highest BCUT2D eigenvalue weighted by molar-refractivity contribution is 7.17. The van der Waals surface area contributed by atoms with Gasteiger partial charge in [0.2, 0.25) is 0 Å². The topological polar surface area (TPSA) is 95.0 Å². The van der Waals surface area contributed by atoms with E-state index in [4.69, 9.17) is 9.84 Å². The second-order valence-electron chi connectivity index (χ2n) is 10.1. The Balaban J connectivity index is 1.28. The lowest BCUT2D eigenvalue weighted by Crippen LogP contribution is -2.48. The molecule has 13 heteroatoms. The molecule has 2 aliphatic rings. The normalized spacial score (nSPS) is 16.6. The van der Waals surface area contributed by atoms with Gasteiger partial charge in [0.1, 0.15) is 10.5 Å². The molecule has 0 aliphatic carbocycles. The number of hydrogen-bond donors (Lipinski definition) is 2. The molecule has 2 aromatic carbocycles. The van der Waals surface area contributed by atoms with E-state index in [1.165, 1.54) is 29.7 Å². The number of thiazole rings is 1. The molecule has 0 saturated carbocycles. The average molecular weight is 593 g/mol. The van der Waals surface area contributed by atoms with E-state index < -0.39 is 29.1 Å². The van der Waals surface area contributed by atoms with Crippen LogP contribution in [0.1, 0.15) is 46.5 Å². The fraction of sp³-hybridized carbons (Fsp3) is 0.393. The molecule has 1 amide bonds. The summed E-state index contributed by atoms with van der Waals surface area (Å²) in [5.74, 6) is -1.82. The van der Waals surface area contributed by atoms with E-state index in [-0.39, 0.29) is 31.2 Å². The number of aliphatic carboxylic acids is 1. The van der Waals surface area contributed by atoms with Gasteiger partial charge in [0.15, 0.2) is 16.7 Å². The van der Waals surface area contributed by atoms with Crippen molar-refractivity contribution in [2.45, 2.75) is 44.0 Å². The average Bonchev–Trinajstić information content (AvgIpc) is 3.37. The van der Waals surface area contributed by atoms with Gasteiger partial charge in [-0.1, -0.05) is 29.5 Å². The molecule has 0 atom stereocenters. The number of amides is 1. The monoisotopic (exact) mass is 592 g/mol. The number of alkyl halides is 3. The van der Waals surface area contributed by atoms with Crippen LogP contribution in [-0.2, 0) is 17.5 Å². The van der Waals surface area contributed by atoms with Crippen LogP contribution >= 0.6 is 11.3 Å². The van der Waals surface area contributed by atoms with Crippen LogP contribution in [0.25, 0.3) is 0 Å². The van der Waals surface area contributed by atoms with Crippen molar-refractivity contribution in [3.05, 3.63) is 70.5 Å². The molecule has 8 nitrogen and oxygen atoms in total. The minimum atomic E-state index is -4.46. The highest BCUT2D eigenvalue weighted by Gasteiger charge is 2.41. The van der Waals surface area contributed by atoms with Gasteiger partial charge in [-0.15, -0.1) is 0 Å². The van der Waals surface area contributed by atoms with Crippen molar-refractivity contribution in [1.29, 1.82) is 0 Å². The molecule has 1 fully saturated rings. The van der Waals surface area contributed by atoms with E-state index in [1.54, 1.807) is 18.2 Å². The van der Waals surface area contributed by atoms with Crippen LogP contribution < -0.4 is 19.9 Å². The molecule has 0 unspecified atom stereocenters. The van der Waals surface area contributed by atoms with Crippen LogP contribution in [0.5, 0.6) is 5.75 Å². The Bertz CT molecular complexity index is 1420. The number of carboxylic acids is 1. The molecule has 5 rings (SSSR count). The van der Waals surface area contributed by atoms with Gasteiger partial charge in [0.25, 0.3) is 5.91 Å². The summed E-state index contributed by atoms with van der Waals surface area (Å²) in [5.41, 5.74) is -0.440. The van der Waals surface area contributed by atoms with E-state index in [1.807, 2.05) is 9.80 Å². The molecular weight excluding hydrogens is 564 g/mol. The fourth-order valence-electron chi connectivity index (χ4n) is 5.15. The van der Waals surface area contributed by atoms with E-state index in [0.717, 1.165) is 12.1 Å². The third-order valence-electron chi connectivity index (χ3n) is 7.36. The molecule has 3 aromatic rings. The number of rotatable bonds is 7. The van der Waals surface area contributed by atoms with Gasteiger partial charge in [-0.3, -0.25) is 9.59 Å². The Labute approximate surface area is 237 Å². The SMILES string of the molecule is O=C(O)CCNC(=O)c1cnc(N2CCC3(CC2)CCN(Cc2cccc(C(F)(F)F)c2)c2cccc(F)c2O3)s1. The minimum Gasteiger partial charge on any atom is -0.482 e. The van der Waals surface area contributed by atoms with Gasteiger partial charge in [0.05, 0.1) is 23.9 Å². The number of aromatic nitrogens is 1. The summed E-state index contributed by atoms with van der Waals surface area (Å²) in [6, 6.07) is 9.75. The van der Waals surface area contributed by atoms with Crippen LogP contribution in [0.3, 0.4) is 0 Å². The van der Waals surface area contributed by atoms with Gasteiger partial charge in [0, 0.05) is 52.0 Å². The zero-order valence-electron chi connectivity index (χ0n) is 21.9. The van der Waals surface area contributed by atoms with Crippen molar-refractivity contribution in [3.8, 4) is 5.75 Å². The van der Waals surface area contributed by atoms with Crippen molar-refractivity contribution in [2.75, 3.05) is 36.0 Å². The molecule has 1 saturated heterocycles. The third kappa shape index (κ3) is 6.55. The van der Waals surface area contributed by atoms with Gasteiger partial charge < -0.3 is 25.0 Å². The lowest BCUT2D eigenvalue weighted by molar-refractivity contribution is -0.138. The Morgan fingerprint density at radius 1 is 1.10 bits per heavy atom. The van der Waals surface area contributed by atoms with E-state index in [9.17, 15) is 22.8 Å². The number of fused-ring (bicyclic) bond motifs is 1. The number of para-hydroxylation sites is 1. The summed E-state index contributed by atoms with van der Waals surface area (Å²) >= 11 is 1.21. The maximum absolute atomic E-state index is 15.1. The molecule has 3 heterocycles. The number of nitrogens with zero attached hydrogens (tertiary/aromatic N) is 3. The number of carboxylic acid groups (broad SMARTS) is 1. The molecule has 2 N–H and O–H groups in total. The Morgan fingerprint density at radius 3 is 2.56 bits per heavy atom. The number of carbonyl (C=O) groups excluding carboxylic acids is 1. The minimum absolute atomic E-state index is 0.0216. The van der Waals surface area contributed by atoms with Crippen molar-refractivity contribution in [3.63, 3.8) is 0 Å². The predicted molar refractivity (Wildman–Crippen MR) is 145 cm³/mol. The number of halogens is 4. The zero-order valence-corrected chi connectivity index (χ0v) is 22.7. The van der Waals surface area contributed by atoms with Crippen molar-refractivity contribution >= 4 is 34.0 Å². The Morgan fingerprint density at radius 2 is 1.83 bits per heavy atom. The van der Waals surface area contributed by atoms with Crippen LogP contribution in [-0.4, -0.2) is 53.7 Å². The molecule has 2 aliphatic heterocycles. The second-order valence-corrected chi connectivity index (χ2v) is 11.1. The van der Waals surface area contributed by atoms with Crippen molar-refractivity contribution in [1.82, 2.24) is 10.3 Å². The first-order valence-electron chi connectivity index (χ1n) is 13.1. The quantitative estimate of drug-likeness (QED) is 0.358. The van der Waals surface area contributed by atoms with E-state index in [2.05, 4.69) is 10.3 Å². The van der Waals surface area contributed by atoms with Crippen LogP contribution in [0, 0.1) is 5.82 Å². The smallest absolute Gasteiger partial charge is 0.416 e. The highest BCUT2D eigenvalue weighted by atomic mass is 32.1. The van der Waals surface area contributed by atoms with Gasteiger partial charge in [-0.2, -0.15) is 13.2 Å². The lowest BCUT2D eigenvalue weighted by atomic mass is 9.88. The summed E-state index contributed by atoms with van der Waals surface area (Å²) in [4.78, 5) is 31.6. The standard InChI is InChI=1S/C28H28F4N4O4S/c29-20-5-2-6-21-24(20)40-27(10-14-36(21)17-18-3-1-4-19(15-18)28(30,31)32)8-12-35(13-9-27)26-34-16-22(41-26)25(39)33-11-7-23(37)38/h1-6,15-16H,7-14,17H2,(H,33,39)(H,37,38). The summed E-state index contributed by atoms with van der Waals surface area (Å²) in [7, 11) is 0. The van der Waals surface area contributed by atoms with Crippen molar-refractivity contribution in [2.24, 2.45) is 0 Å². The number of nitrogens with one attached hydrogen (secondary N) is 1. The maximum atomic E-state index is 15.1. The maximum Gasteiger partial charge on any atom is 0.416 e. The number of benzene rings is 2. The predicted octanol–water partition coefficient (Wildman–Crippen LogP) is 5.33. The number of carbonyl (C=O) groups is 2. The molecule has 0 radical (unpaired) electrons. The Hall–Kier alpha value is -3.87. The van der Waals surface area contributed by atoms with Crippen LogP contribution in [0.15, 0.2) is 48.7 Å². The first-order chi connectivity index (χ1) is 19.5. The van der Waals surface area contributed by atoms with Gasteiger partial charge in [-0.25, -0.2) is 9.37 Å². The lowest BCUT2D eigenvalue weighted by Gasteiger charge is -2.41. The van der Waals surface area contributed by atoms with Crippen molar-refractivity contribution < 1.29 is 37.0 Å². The summed E-state index contributed by atoms with van der Waals surface area (Å²) in [6.07, 6.45) is -1.52. The molecule has 41 heavy (non-hydrogen) atoms. The van der Waals surface area contributed by atoms with Crippen LogP contribution in [0.4, 0.5) is 28.4 Å². The van der Waals surface area contributed by atoms with Crippen LogP contribution in [0.2, 0.25) is 0 Å². The van der Waals surface area contributed by atoms with E-state index >= 15 is 4.39 Å². The van der Waals surface area contributed by atoms with E-state index in [0.29, 0.717) is 60.2 Å². The zero-order chi connectivity index (χ0) is 29.2. The third-order valence-corrected chi connectivity index (χ3v) is 8.41. The molecular formula is C28H28F4N4O4S. The number of ether oxygens (including phenoxy) is 1. The summed E-state index contributed by atoms with van der Waals surface area (Å²) < 4.78 is 61.3. The highest BCUT2D eigenvalue weighted by Crippen LogP contribution is 2.43. The second kappa shape index (κ2) is 11.6. The molecule has 1 aromatic heterocycles. The fourth-order valence-corrected chi connectivity index (χ4v) is 6.03.